The Hall–Kier alpha value is -0.860. The third-order valence-electron chi connectivity index (χ3n) is 3.95. The fraction of sp³-hybridized carbons (Fsp3) is 0.647. The van der Waals surface area contributed by atoms with Gasteiger partial charge in [0.1, 0.15) is 0 Å². The smallest absolute Gasteiger partial charge is 0.0473 e. The third-order valence-corrected chi connectivity index (χ3v) is 3.95. The van der Waals surface area contributed by atoms with Crippen LogP contribution >= 0.6 is 0 Å². The van der Waals surface area contributed by atoms with Crippen LogP contribution in [0.15, 0.2) is 24.3 Å². The highest BCUT2D eigenvalue weighted by molar-refractivity contribution is 5.28. The molecule has 1 unspecified atom stereocenters. The van der Waals surface area contributed by atoms with Crippen molar-refractivity contribution in [2.45, 2.75) is 40.0 Å². The highest BCUT2D eigenvalue weighted by Gasteiger charge is 2.21. The van der Waals surface area contributed by atoms with Crippen molar-refractivity contribution in [1.29, 1.82) is 0 Å². The number of nitrogens with one attached hydrogen (secondary N) is 1. The molecular formula is C17H29NO. The second kappa shape index (κ2) is 7.06. The molecule has 0 aliphatic heterocycles. The molecule has 1 aromatic carbocycles. The van der Waals surface area contributed by atoms with E-state index in [1.54, 1.807) is 0 Å². The lowest BCUT2D eigenvalue weighted by molar-refractivity contribution is 0.184. The summed E-state index contributed by atoms with van der Waals surface area (Å²) in [6, 6.07) is 8.71. The molecule has 0 aliphatic rings. The van der Waals surface area contributed by atoms with Crippen molar-refractivity contribution >= 4 is 0 Å². The summed E-state index contributed by atoms with van der Waals surface area (Å²) in [5.74, 6) is 0.855. The topological polar surface area (TPSA) is 32.3 Å². The van der Waals surface area contributed by atoms with Crippen molar-refractivity contribution in [2.75, 3.05) is 19.7 Å². The van der Waals surface area contributed by atoms with Crippen molar-refractivity contribution in [3.63, 3.8) is 0 Å². The molecule has 1 atom stereocenters. The first-order chi connectivity index (χ1) is 8.86. The zero-order chi connectivity index (χ0) is 14.5. The Labute approximate surface area is 118 Å². The standard InChI is InChI=1S/C17H29NO/c1-13(2)15(11-19)10-18-12-17(4,5)16-8-6-7-14(3)9-16/h6-9,13,15,18-19H,10-12H2,1-5H3. The maximum Gasteiger partial charge on any atom is 0.0473 e. The van der Waals surface area contributed by atoms with Gasteiger partial charge in [-0.3, -0.25) is 0 Å². The number of hydrogen-bond donors (Lipinski definition) is 2. The largest absolute Gasteiger partial charge is 0.396 e. The minimum atomic E-state index is 0.114. The van der Waals surface area contributed by atoms with Crippen LogP contribution < -0.4 is 5.32 Å². The lowest BCUT2D eigenvalue weighted by atomic mass is 9.83. The molecule has 0 fully saturated rings. The van der Waals surface area contributed by atoms with E-state index >= 15 is 0 Å². The first-order valence-corrected chi connectivity index (χ1v) is 7.25. The van der Waals surface area contributed by atoms with Gasteiger partial charge in [-0.25, -0.2) is 0 Å². The van der Waals surface area contributed by atoms with Crippen molar-refractivity contribution in [2.24, 2.45) is 11.8 Å². The quantitative estimate of drug-likeness (QED) is 0.792. The molecule has 1 rings (SSSR count). The zero-order valence-electron chi connectivity index (χ0n) is 13.0. The van der Waals surface area contributed by atoms with Gasteiger partial charge >= 0.3 is 0 Å². The fourth-order valence-corrected chi connectivity index (χ4v) is 2.25. The molecule has 0 aromatic heterocycles. The molecule has 108 valence electrons. The van der Waals surface area contributed by atoms with Crippen LogP contribution in [0, 0.1) is 18.8 Å². The van der Waals surface area contributed by atoms with Crippen molar-refractivity contribution in [1.82, 2.24) is 5.32 Å². The number of benzene rings is 1. The lowest BCUT2D eigenvalue weighted by Crippen LogP contribution is -2.37. The van der Waals surface area contributed by atoms with Gasteiger partial charge in [-0.05, 0) is 24.3 Å². The number of aryl methyl sites for hydroxylation is 1. The molecular weight excluding hydrogens is 234 g/mol. The van der Waals surface area contributed by atoms with Gasteiger partial charge in [0, 0.05) is 25.1 Å². The minimum absolute atomic E-state index is 0.114. The molecule has 2 N–H and O–H groups in total. The maximum absolute atomic E-state index is 9.34. The zero-order valence-corrected chi connectivity index (χ0v) is 13.0. The summed E-state index contributed by atoms with van der Waals surface area (Å²) in [5.41, 5.74) is 2.79. The average Bonchev–Trinajstić information content (AvgIpc) is 2.34. The van der Waals surface area contributed by atoms with Crippen LogP contribution in [0.4, 0.5) is 0 Å². The van der Waals surface area contributed by atoms with Gasteiger partial charge < -0.3 is 10.4 Å². The van der Waals surface area contributed by atoms with Gasteiger partial charge in [-0.15, -0.1) is 0 Å². The average molecular weight is 263 g/mol. The second-order valence-corrected chi connectivity index (χ2v) is 6.57. The molecule has 0 heterocycles. The molecule has 0 saturated carbocycles. The van der Waals surface area contributed by atoms with Crippen LogP contribution in [0.25, 0.3) is 0 Å². The molecule has 2 heteroatoms. The van der Waals surface area contributed by atoms with E-state index in [0.29, 0.717) is 11.8 Å². The Morgan fingerprint density at radius 1 is 1.26 bits per heavy atom. The molecule has 1 aromatic rings. The molecule has 2 nitrogen and oxygen atoms in total. The van der Waals surface area contributed by atoms with Gasteiger partial charge in [-0.1, -0.05) is 57.5 Å². The van der Waals surface area contributed by atoms with E-state index in [2.05, 4.69) is 64.2 Å². The maximum atomic E-state index is 9.34. The van der Waals surface area contributed by atoms with E-state index in [4.69, 9.17) is 0 Å². The lowest BCUT2D eigenvalue weighted by Gasteiger charge is -2.28. The SMILES string of the molecule is Cc1cccc(C(C)(C)CNCC(CO)C(C)C)c1. The van der Waals surface area contributed by atoms with Crippen LogP contribution in [-0.2, 0) is 5.41 Å². The Bertz CT molecular complexity index is 385. The molecule has 0 spiro atoms. The Balaban J connectivity index is 2.56. The highest BCUT2D eigenvalue weighted by Crippen LogP contribution is 2.23. The van der Waals surface area contributed by atoms with Crippen LogP contribution in [0.5, 0.6) is 0 Å². The van der Waals surface area contributed by atoms with E-state index < -0.39 is 0 Å². The Morgan fingerprint density at radius 3 is 2.47 bits per heavy atom. The molecule has 19 heavy (non-hydrogen) atoms. The van der Waals surface area contributed by atoms with Gasteiger partial charge in [-0.2, -0.15) is 0 Å². The predicted octanol–water partition coefficient (Wildman–Crippen LogP) is 3.13. The highest BCUT2D eigenvalue weighted by atomic mass is 16.3. The van der Waals surface area contributed by atoms with E-state index in [9.17, 15) is 5.11 Å². The molecule has 0 amide bonds. The summed E-state index contributed by atoms with van der Waals surface area (Å²) in [6.07, 6.45) is 0. The van der Waals surface area contributed by atoms with Crippen LogP contribution in [0.2, 0.25) is 0 Å². The third kappa shape index (κ3) is 4.96. The summed E-state index contributed by atoms with van der Waals surface area (Å²) in [6.45, 7) is 13.0. The Kier molecular flexibility index (Phi) is 6.02. The number of hydrogen-bond acceptors (Lipinski definition) is 2. The van der Waals surface area contributed by atoms with E-state index in [1.807, 2.05) is 0 Å². The molecule has 0 aliphatic carbocycles. The molecule has 0 radical (unpaired) electrons. The van der Waals surface area contributed by atoms with Gasteiger partial charge in [0.05, 0.1) is 0 Å². The van der Waals surface area contributed by atoms with E-state index in [0.717, 1.165) is 13.1 Å². The van der Waals surface area contributed by atoms with Crippen LogP contribution in [0.3, 0.4) is 0 Å². The first-order valence-electron chi connectivity index (χ1n) is 7.25. The first kappa shape index (κ1) is 16.2. The summed E-state index contributed by atoms with van der Waals surface area (Å²) in [5, 5.41) is 12.9. The number of rotatable bonds is 7. The molecule has 0 saturated heterocycles. The summed E-state index contributed by atoms with van der Waals surface area (Å²) in [7, 11) is 0. The summed E-state index contributed by atoms with van der Waals surface area (Å²) in [4.78, 5) is 0. The predicted molar refractivity (Wildman–Crippen MR) is 82.5 cm³/mol. The molecule has 0 bridgehead atoms. The van der Waals surface area contributed by atoms with Crippen molar-refractivity contribution < 1.29 is 5.11 Å². The van der Waals surface area contributed by atoms with Gasteiger partial charge in [0.15, 0.2) is 0 Å². The minimum Gasteiger partial charge on any atom is -0.396 e. The monoisotopic (exact) mass is 263 g/mol. The van der Waals surface area contributed by atoms with Gasteiger partial charge in [0.25, 0.3) is 0 Å². The number of aliphatic hydroxyl groups excluding tert-OH is 1. The van der Waals surface area contributed by atoms with E-state index in [1.165, 1.54) is 11.1 Å². The number of aliphatic hydroxyl groups is 1. The van der Waals surface area contributed by atoms with Crippen LogP contribution in [0.1, 0.15) is 38.8 Å². The second-order valence-electron chi connectivity index (χ2n) is 6.57. The summed E-state index contributed by atoms with van der Waals surface area (Å²) < 4.78 is 0. The van der Waals surface area contributed by atoms with E-state index in [-0.39, 0.29) is 12.0 Å². The normalized spacial score (nSPS) is 13.8. The van der Waals surface area contributed by atoms with Crippen molar-refractivity contribution in [3.8, 4) is 0 Å². The van der Waals surface area contributed by atoms with Crippen LogP contribution in [-0.4, -0.2) is 24.8 Å². The Morgan fingerprint density at radius 2 is 1.95 bits per heavy atom. The summed E-state index contributed by atoms with van der Waals surface area (Å²) >= 11 is 0. The van der Waals surface area contributed by atoms with Gasteiger partial charge in [0.2, 0.25) is 0 Å². The van der Waals surface area contributed by atoms with Crippen molar-refractivity contribution in [3.05, 3.63) is 35.4 Å². The fourth-order valence-electron chi connectivity index (χ4n) is 2.25.